The Balaban J connectivity index is 1.91. The Hall–Kier alpha value is -1.78. The molecule has 106 valence electrons. The summed E-state index contributed by atoms with van der Waals surface area (Å²) in [6.07, 6.45) is 0. The quantitative estimate of drug-likeness (QED) is 0.660. The number of aryl methyl sites for hydroxylation is 1. The van der Waals surface area contributed by atoms with Crippen molar-refractivity contribution in [3.63, 3.8) is 0 Å². The van der Waals surface area contributed by atoms with E-state index in [0.29, 0.717) is 16.3 Å². The van der Waals surface area contributed by atoms with Gasteiger partial charge < -0.3 is 9.73 Å². The molecule has 0 saturated heterocycles. The van der Waals surface area contributed by atoms with Crippen LogP contribution < -0.4 is 5.32 Å². The molecule has 0 atom stereocenters. The van der Waals surface area contributed by atoms with Crippen molar-refractivity contribution >= 4 is 50.1 Å². The summed E-state index contributed by atoms with van der Waals surface area (Å²) in [5.41, 5.74) is 2.28. The Morgan fingerprint density at radius 1 is 1.19 bits per heavy atom. The second-order valence-corrected chi connectivity index (χ2v) is 6.06. The van der Waals surface area contributed by atoms with Crippen LogP contribution in [0.4, 0.5) is 5.69 Å². The number of anilines is 1. The fraction of sp³-hybridized carbons (Fsp3) is 0.0625. The average Bonchev–Trinajstić information content (AvgIpc) is 2.86. The molecule has 1 N–H and O–H groups in total. The predicted molar refractivity (Wildman–Crippen MR) is 88.1 cm³/mol. The summed E-state index contributed by atoms with van der Waals surface area (Å²) >= 11 is 9.34. The van der Waals surface area contributed by atoms with Gasteiger partial charge in [0.2, 0.25) is 0 Å². The van der Waals surface area contributed by atoms with Crippen LogP contribution in [0.25, 0.3) is 11.0 Å². The first-order valence-electron chi connectivity index (χ1n) is 6.29. The zero-order valence-corrected chi connectivity index (χ0v) is 13.5. The Bertz CT molecular complexity index is 841. The highest BCUT2D eigenvalue weighted by atomic mass is 79.9. The summed E-state index contributed by atoms with van der Waals surface area (Å²) < 4.78 is 6.50. The smallest absolute Gasteiger partial charge is 0.291 e. The molecule has 1 heterocycles. The number of amides is 1. The predicted octanol–water partition coefficient (Wildman–Crippen LogP) is 5.41. The number of carbonyl (C=O) groups is 1. The van der Waals surface area contributed by atoms with Crippen molar-refractivity contribution < 1.29 is 9.21 Å². The van der Waals surface area contributed by atoms with Gasteiger partial charge in [-0.15, -0.1) is 0 Å². The molecule has 2 aromatic carbocycles. The van der Waals surface area contributed by atoms with E-state index in [9.17, 15) is 4.79 Å². The Labute approximate surface area is 135 Å². The Kier molecular flexibility index (Phi) is 3.74. The third-order valence-corrected chi connectivity index (χ3v) is 3.88. The van der Waals surface area contributed by atoms with Crippen LogP contribution in [0.1, 0.15) is 16.1 Å². The standard InChI is InChI=1S/C16H11BrClNO2/c1-9-2-4-12(18)8-13(9)19-16(20)15-7-10-6-11(17)3-5-14(10)21-15/h2-8H,1H3,(H,19,20). The number of furan rings is 1. The molecule has 0 aliphatic rings. The van der Waals surface area contributed by atoms with E-state index in [1.165, 1.54) is 0 Å². The molecular weight excluding hydrogens is 354 g/mol. The lowest BCUT2D eigenvalue weighted by molar-refractivity contribution is 0.0998. The minimum absolute atomic E-state index is 0.266. The van der Waals surface area contributed by atoms with Crippen LogP contribution in [-0.2, 0) is 0 Å². The van der Waals surface area contributed by atoms with Crippen molar-refractivity contribution in [2.24, 2.45) is 0 Å². The molecule has 3 rings (SSSR count). The van der Waals surface area contributed by atoms with E-state index >= 15 is 0 Å². The first-order chi connectivity index (χ1) is 10.0. The Morgan fingerprint density at radius 2 is 2.00 bits per heavy atom. The molecule has 21 heavy (non-hydrogen) atoms. The van der Waals surface area contributed by atoms with Gasteiger partial charge in [-0.3, -0.25) is 4.79 Å². The maximum Gasteiger partial charge on any atom is 0.291 e. The number of benzene rings is 2. The van der Waals surface area contributed by atoms with Gasteiger partial charge in [0.15, 0.2) is 5.76 Å². The molecule has 0 aliphatic heterocycles. The number of rotatable bonds is 2. The van der Waals surface area contributed by atoms with Gasteiger partial charge in [0, 0.05) is 20.6 Å². The van der Waals surface area contributed by atoms with Crippen molar-refractivity contribution in [3.05, 3.63) is 63.3 Å². The van der Waals surface area contributed by atoms with Crippen molar-refractivity contribution in [3.8, 4) is 0 Å². The maximum atomic E-state index is 12.3. The highest BCUT2D eigenvalue weighted by Crippen LogP contribution is 2.25. The molecular formula is C16H11BrClNO2. The van der Waals surface area contributed by atoms with Crippen LogP contribution in [0, 0.1) is 6.92 Å². The molecule has 0 bridgehead atoms. The lowest BCUT2D eigenvalue weighted by Crippen LogP contribution is -2.11. The lowest BCUT2D eigenvalue weighted by atomic mass is 10.2. The molecule has 5 heteroatoms. The van der Waals surface area contributed by atoms with Gasteiger partial charge in [0.25, 0.3) is 5.91 Å². The summed E-state index contributed by atoms with van der Waals surface area (Å²) in [4.78, 5) is 12.3. The zero-order chi connectivity index (χ0) is 15.0. The van der Waals surface area contributed by atoms with E-state index in [-0.39, 0.29) is 11.7 Å². The molecule has 0 fully saturated rings. The van der Waals surface area contributed by atoms with Gasteiger partial charge in [-0.25, -0.2) is 0 Å². The maximum absolute atomic E-state index is 12.3. The van der Waals surface area contributed by atoms with E-state index in [1.54, 1.807) is 18.2 Å². The first kappa shape index (κ1) is 14.2. The van der Waals surface area contributed by atoms with Crippen LogP contribution in [-0.4, -0.2) is 5.91 Å². The zero-order valence-electron chi connectivity index (χ0n) is 11.1. The summed E-state index contributed by atoms with van der Waals surface area (Å²) in [7, 11) is 0. The third-order valence-electron chi connectivity index (χ3n) is 3.15. The average molecular weight is 365 g/mol. The van der Waals surface area contributed by atoms with Crippen LogP contribution >= 0.6 is 27.5 Å². The number of carbonyl (C=O) groups excluding carboxylic acids is 1. The van der Waals surface area contributed by atoms with E-state index in [1.807, 2.05) is 31.2 Å². The molecule has 3 nitrogen and oxygen atoms in total. The third kappa shape index (κ3) is 2.96. The van der Waals surface area contributed by atoms with E-state index in [2.05, 4.69) is 21.2 Å². The van der Waals surface area contributed by atoms with E-state index < -0.39 is 0 Å². The number of nitrogens with one attached hydrogen (secondary N) is 1. The Morgan fingerprint density at radius 3 is 2.81 bits per heavy atom. The van der Waals surface area contributed by atoms with Gasteiger partial charge in [-0.05, 0) is 48.9 Å². The van der Waals surface area contributed by atoms with Gasteiger partial charge in [0.05, 0.1) is 0 Å². The highest BCUT2D eigenvalue weighted by molar-refractivity contribution is 9.10. The molecule has 1 amide bonds. The summed E-state index contributed by atoms with van der Waals surface area (Å²) in [5.74, 6) is -0.0323. The van der Waals surface area contributed by atoms with Gasteiger partial charge in [-0.2, -0.15) is 0 Å². The topological polar surface area (TPSA) is 42.2 Å². The minimum Gasteiger partial charge on any atom is -0.451 e. The number of halogens is 2. The fourth-order valence-corrected chi connectivity index (χ4v) is 2.59. The van der Waals surface area contributed by atoms with Crippen molar-refractivity contribution in [2.75, 3.05) is 5.32 Å². The summed E-state index contributed by atoms with van der Waals surface area (Å²) in [6, 6.07) is 12.7. The van der Waals surface area contributed by atoms with Crippen molar-refractivity contribution in [2.45, 2.75) is 6.92 Å². The van der Waals surface area contributed by atoms with Crippen LogP contribution in [0.3, 0.4) is 0 Å². The van der Waals surface area contributed by atoms with Gasteiger partial charge in [0.1, 0.15) is 5.58 Å². The molecule has 0 aliphatic carbocycles. The molecule has 0 radical (unpaired) electrons. The van der Waals surface area contributed by atoms with Gasteiger partial charge >= 0.3 is 0 Å². The largest absolute Gasteiger partial charge is 0.451 e. The number of fused-ring (bicyclic) bond motifs is 1. The van der Waals surface area contributed by atoms with Crippen molar-refractivity contribution in [1.29, 1.82) is 0 Å². The first-order valence-corrected chi connectivity index (χ1v) is 7.46. The summed E-state index contributed by atoms with van der Waals surface area (Å²) in [6.45, 7) is 1.90. The highest BCUT2D eigenvalue weighted by Gasteiger charge is 2.13. The monoisotopic (exact) mass is 363 g/mol. The molecule has 1 aromatic heterocycles. The molecule has 0 unspecified atom stereocenters. The van der Waals surface area contributed by atoms with E-state index in [4.69, 9.17) is 16.0 Å². The molecule has 3 aromatic rings. The lowest BCUT2D eigenvalue weighted by Gasteiger charge is -2.07. The number of hydrogen-bond acceptors (Lipinski definition) is 2. The van der Waals surface area contributed by atoms with Crippen LogP contribution in [0.5, 0.6) is 0 Å². The normalized spacial score (nSPS) is 10.8. The SMILES string of the molecule is Cc1ccc(Cl)cc1NC(=O)c1cc2cc(Br)ccc2o1. The summed E-state index contributed by atoms with van der Waals surface area (Å²) in [5, 5.41) is 4.26. The molecule has 0 saturated carbocycles. The molecule has 0 spiro atoms. The second kappa shape index (κ2) is 5.54. The van der Waals surface area contributed by atoms with Crippen molar-refractivity contribution in [1.82, 2.24) is 0 Å². The van der Waals surface area contributed by atoms with Crippen LogP contribution in [0.2, 0.25) is 5.02 Å². The second-order valence-electron chi connectivity index (χ2n) is 4.71. The fourth-order valence-electron chi connectivity index (χ4n) is 2.04. The van der Waals surface area contributed by atoms with E-state index in [0.717, 1.165) is 15.4 Å². The minimum atomic E-state index is -0.298. The van der Waals surface area contributed by atoms with Gasteiger partial charge in [-0.1, -0.05) is 33.6 Å². The number of hydrogen-bond donors (Lipinski definition) is 1. The van der Waals surface area contributed by atoms with Crippen LogP contribution in [0.15, 0.2) is 51.4 Å².